The summed E-state index contributed by atoms with van der Waals surface area (Å²) in [6.45, 7) is 1.98. The molecule has 1 aromatic heterocycles. The Labute approximate surface area is 109 Å². The molecule has 3 heteroatoms. The van der Waals surface area contributed by atoms with Crippen molar-refractivity contribution in [2.45, 2.75) is 13.3 Å². The predicted octanol–water partition coefficient (Wildman–Crippen LogP) is 3.58. The van der Waals surface area contributed by atoms with E-state index in [-0.39, 0.29) is 5.78 Å². The van der Waals surface area contributed by atoms with Gasteiger partial charge in [0.1, 0.15) is 0 Å². The Hall–Kier alpha value is -1.48. The number of aryl methyl sites for hydroxylation is 1. The van der Waals surface area contributed by atoms with E-state index in [0.29, 0.717) is 6.42 Å². The van der Waals surface area contributed by atoms with Gasteiger partial charge >= 0.3 is 0 Å². The van der Waals surface area contributed by atoms with Crippen LogP contribution in [-0.2, 0) is 6.42 Å². The van der Waals surface area contributed by atoms with E-state index in [4.69, 9.17) is 0 Å². The van der Waals surface area contributed by atoms with Crippen LogP contribution < -0.4 is 0 Å². The molecule has 0 fully saturated rings. The first-order valence-electron chi connectivity index (χ1n) is 5.36. The number of carbonyl (C=O) groups excluding carboxylic acids is 1. The maximum atomic E-state index is 12.1. The maximum absolute atomic E-state index is 12.1. The van der Waals surface area contributed by atoms with Gasteiger partial charge in [0.25, 0.3) is 0 Å². The third-order valence-corrected chi connectivity index (χ3v) is 3.18. The van der Waals surface area contributed by atoms with Gasteiger partial charge in [-0.1, -0.05) is 33.6 Å². The van der Waals surface area contributed by atoms with Crippen LogP contribution in [0.25, 0.3) is 0 Å². The van der Waals surface area contributed by atoms with Crippen LogP contribution in [0.4, 0.5) is 0 Å². The van der Waals surface area contributed by atoms with Crippen LogP contribution >= 0.6 is 15.9 Å². The molecule has 0 radical (unpaired) electrons. The first kappa shape index (κ1) is 12.0. The van der Waals surface area contributed by atoms with Crippen molar-refractivity contribution in [1.29, 1.82) is 0 Å². The molecule has 0 aliphatic carbocycles. The van der Waals surface area contributed by atoms with Gasteiger partial charge in [0.15, 0.2) is 5.78 Å². The summed E-state index contributed by atoms with van der Waals surface area (Å²) in [5.74, 6) is 0.0827. The number of carbonyl (C=O) groups is 1. The fourth-order valence-corrected chi connectivity index (χ4v) is 2.08. The van der Waals surface area contributed by atoms with Crippen molar-refractivity contribution in [2.24, 2.45) is 0 Å². The number of nitrogens with zero attached hydrogens (tertiary/aromatic N) is 1. The average molecular weight is 290 g/mol. The van der Waals surface area contributed by atoms with Gasteiger partial charge in [-0.2, -0.15) is 0 Å². The quantitative estimate of drug-likeness (QED) is 0.809. The minimum atomic E-state index is 0.0827. The summed E-state index contributed by atoms with van der Waals surface area (Å²) in [7, 11) is 0. The first-order valence-corrected chi connectivity index (χ1v) is 6.15. The molecule has 0 atom stereocenters. The summed E-state index contributed by atoms with van der Waals surface area (Å²) >= 11 is 3.40. The van der Waals surface area contributed by atoms with E-state index in [1.165, 1.54) is 0 Å². The second-order valence-electron chi connectivity index (χ2n) is 3.90. The van der Waals surface area contributed by atoms with Gasteiger partial charge in [-0.25, -0.2) is 0 Å². The minimum Gasteiger partial charge on any atom is -0.294 e. The molecular weight excluding hydrogens is 278 g/mol. The van der Waals surface area contributed by atoms with Crippen molar-refractivity contribution in [1.82, 2.24) is 4.98 Å². The third-order valence-electron chi connectivity index (χ3n) is 2.49. The van der Waals surface area contributed by atoms with Crippen molar-refractivity contribution >= 4 is 21.7 Å². The van der Waals surface area contributed by atoms with Gasteiger partial charge in [0.2, 0.25) is 0 Å². The fourth-order valence-electron chi connectivity index (χ4n) is 1.62. The molecule has 2 nitrogen and oxygen atoms in total. The van der Waals surface area contributed by atoms with Crippen LogP contribution in [0, 0.1) is 6.92 Å². The molecule has 0 unspecified atom stereocenters. The number of benzene rings is 1. The average Bonchev–Trinajstić information content (AvgIpc) is 2.33. The zero-order chi connectivity index (χ0) is 12.3. The summed E-state index contributed by atoms with van der Waals surface area (Å²) in [5, 5.41) is 0. The zero-order valence-corrected chi connectivity index (χ0v) is 11.1. The largest absolute Gasteiger partial charge is 0.294 e. The van der Waals surface area contributed by atoms with E-state index < -0.39 is 0 Å². The number of ketones is 1. The Balaban J connectivity index is 2.23. The normalized spacial score (nSPS) is 10.2. The lowest BCUT2D eigenvalue weighted by atomic mass is 10.0. The molecule has 0 amide bonds. The van der Waals surface area contributed by atoms with Gasteiger partial charge in [-0.15, -0.1) is 0 Å². The molecule has 1 aromatic carbocycles. The summed E-state index contributed by atoms with van der Waals surface area (Å²) in [5.41, 5.74) is 2.60. The molecule has 2 aromatic rings. The number of rotatable bonds is 3. The lowest BCUT2D eigenvalue weighted by molar-refractivity contribution is 0.0991. The Morgan fingerprint density at radius 2 is 2.12 bits per heavy atom. The Morgan fingerprint density at radius 1 is 1.29 bits per heavy atom. The Morgan fingerprint density at radius 3 is 2.82 bits per heavy atom. The van der Waals surface area contributed by atoms with E-state index in [1.54, 1.807) is 6.20 Å². The van der Waals surface area contributed by atoms with Crippen LogP contribution in [0.3, 0.4) is 0 Å². The van der Waals surface area contributed by atoms with Crippen molar-refractivity contribution in [3.8, 4) is 0 Å². The van der Waals surface area contributed by atoms with Crippen LogP contribution in [0.5, 0.6) is 0 Å². The first-order chi connectivity index (χ1) is 8.16. The SMILES string of the molecule is Cc1ccc(Br)c(C(=O)Cc2ccccn2)c1. The molecule has 0 N–H and O–H groups in total. The zero-order valence-electron chi connectivity index (χ0n) is 9.48. The summed E-state index contributed by atoms with van der Waals surface area (Å²) in [4.78, 5) is 16.3. The number of Topliss-reactive ketones (excluding diaryl/α,β-unsaturated/α-hetero) is 1. The van der Waals surface area contributed by atoms with Gasteiger partial charge < -0.3 is 0 Å². The number of halogens is 1. The molecule has 0 spiro atoms. The molecule has 0 saturated carbocycles. The molecule has 1 heterocycles. The highest BCUT2D eigenvalue weighted by Crippen LogP contribution is 2.19. The second-order valence-corrected chi connectivity index (χ2v) is 4.76. The molecular formula is C14H12BrNO. The van der Waals surface area contributed by atoms with E-state index in [2.05, 4.69) is 20.9 Å². The molecule has 86 valence electrons. The standard InChI is InChI=1S/C14H12BrNO/c1-10-5-6-13(15)12(8-10)14(17)9-11-4-2-3-7-16-11/h2-8H,9H2,1H3. The van der Waals surface area contributed by atoms with Crippen molar-refractivity contribution in [3.63, 3.8) is 0 Å². The predicted molar refractivity (Wildman–Crippen MR) is 71.2 cm³/mol. The van der Waals surface area contributed by atoms with Crippen molar-refractivity contribution in [3.05, 3.63) is 63.9 Å². The van der Waals surface area contributed by atoms with Crippen LogP contribution in [0.1, 0.15) is 21.6 Å². The van der Waals surface area contributed by atoms with Gasteiger partial charge in [-0.3, -0.25) is 9.78 Å². The topological polar surface area (TPSA) is 30.0 Å². The number of pyridine rings is 1. The molecule has 0 aliphatic heterocycles. The van der Waals surface area contributed by atoms with Gasteiger partial charge in [0.05, 0.1) is 6.42 Å². The molecule has 0 bridgehead atoms. The van der Waals surface area contributed by atoms with Gasteiger partial charge in [-0.05, 0) is 31.2 Å². The smallest absolute Gasteiger partial charge is 0.169 e. The fraction of sp³-hybridized carbons (Fsp3) is 0.143. The van der Waals surface area contributed by atoms with Crippen LogP contribution in [0.2, 0.25) is 0 Å². The number of aromatic nitrogens is 1. The second kappa shape index (κ2) is 5.23. The highest BCUT2D eigenvalue weighted by Gasteiger charge is 2.11. The van der Waals surface area contributed by atoms with Crippen molar-refractivity contribution in [2.75, 3.05) is 0 Å². The van der Waals surface area contributed by atoms with E-state index in [1.807, 2.05) is 43.3 Å². The third kappa shape index (κ3) is 3.01. The maximum Gasteiger partial charge on any atom is 0.169 e. The molecule has 2 rings (SSSR count). The highest BCUT2D eigenvalue weighted by molar-refractivity contribution is 9.10. The van der Waals surface area contributed by atoms with Crippen LogP contribution in [0.15, 0.2) is 47.1 Å². The number of hydrogen-bond donors (Lipinski definition) is 0. The minimum absolute atomic E-state index is 0.0827. The highest BCUT2D eigenvalue weighted by atomic mass is 79.9. The summed E-state index contributed by atoms with van der Waals surface area (Å²) in [6.07, 6.45) is 2.04. The Bertz CT molecular complexity index is 537. The molecule has 17 heavy (non-hydrogen) atoms. The number of hydrogen-bond acceptors (Lipinski definition) is 2. The van der Waals surface area contributed by atoms with Crippen molar-refractivity contribution < 1.29 is 4.79 Å². The van der Waals surface area contributed by atoms with E-state index >= 15 is 0 Å². The summed E-state index contributed by atoms with van der Waals surface area (Å²) in [6, 6.07) is 11.4. The molecule has 0 saturated heterocycles. The monoisotopic (exact) mass is 289 g/mol. The summed E-state index contributed by atoms with van der Waals surface area (Å²) < 4.78 is 0.837. The van der Waals surface area contributed by atoms with Gasteiger partial charge in [0, 0.05) is 21.9 Å². The molecule has 0 aliphatic rings. The lowest BCUT2D eigenvalue weighted by Gasteiger charge is -2.04. The van der Waals surface area contributed by atoms with Crippen LogP contribution in [-0.4, -0.2) is 10.8 Å². The van der Waals surface area contributed by atoms with E-state index in [0.717, 1.165) is 21.3 Å². The van der Waals surface area contributed by atoms with E-state index in [9.17, 15) is 4.79 Å². The lowest BCUT2D eigenvalue weighted by Crippen LogP contribution is -2.06. The Kier molecular flexibility index (Phi) is 3.69.